The molecule has 0 aromatic carbocycles. The van der Waals surface area contributed by atoms with Gasteiger partial charge in [-0.1, -0.05) is 0 Å². The highest BCUT2D eigenvalue weighted by molar-refractivity contribution is 5.16. The maximum absolute atomic E-state index is 5.85. The van der Waals surface area contributed by atoms with E-state index in [9.17, 15) is 0 Å². The van der Waals surface area contributed by atoms with E-state index in [-0.39, 0.29) is 0 Å². The van der Waals surface area contributed by atoms with E-state index in [1.807, 2.05) is 0 Å². The number of nitrogens with one attached hydrogen (secondary N) is 1. The van der Waals surface area contributed by atoms with Crippen LogP contribution in [0.2, 0.25) is 0 Å². The van der Waals surface area contributed by atoms with Gasteiger partial charge in [-0.25, -0.2) is 0 Å². The van der Waals surface area contributed by atoms with E-state index in [0.717, 1.165) is 42.8 Å². The average molecular weight is 236 g/mol. The molecule has 0 spiro atoms. The molecule has 4 aliphatic rings. The van der Waals surface area contributed by atoms with E-state index in [2.05, 4.69) is 5.43 Å². The fourth-order valence-corrected chi connectivity index (χ4v) is 5.48. The number of ether oxygens (including phenoxy) is 1. The van der Waals surface area contributed by atoms with Crippen LogP contribution in [0.15, 0.2) is 0 Å². The van der Waals surface area contributed by atoms with E-state index < -0.39 is 0 Å². The molecular weight excluding hydrogens is 212 g/mol. The minimum absolute atomic E-state index is 0.536. The van der Waals surface area contributed by atoms with Crippen LogP contribution in [0.1, 0.15) is 32.1 Å². The zero-order valence-electron chi connectivity index (χ0n) is 10.5. The number of fused-ring (bicyclic) bond motifs is 5. The summed E-state index contributed by atoms with van der Waals surface area (Å²) in [5.74, 6) is 11.6. The van der Waals surface area contributed by atoms with E-state index in [1.165, 1.54) is 32.1 Å². The van der Waals surface area contributed by atoms with Gasteiger partial charge in [-0.3, -0.25) is 11.3 Å². The summed E-state index contributed by atoms with van der Waals surface area (Å²) in [6.45, 7) is 1.89. The topological polar surface area (TPSA) is 47.3 Å². The van der Waals surface area contributed by atoms with Crippen LogP contribution in [0.4, 0.5) is 0 Å². The minimum atomic E-state index is 0.536. The molecule has 0 amide bonds. The molecule has 3 heteroatoms. The van der Waals surface area contributed by atoms with Crippen LogP contribution in [0, 0.1) is 35.5 Å². The van der Waals surface area contributed by atoms with Gasteiger partial charge in [0.05, 0.1) is 6.61 Å². The first-order chi connectivity index (χ1) is 8.40. The minimum Gasteiger partial charge on any atom is -0.381 e. The molecule has 1 saturated heterocycles. The molecule has 6 atom stereocenters. The first-order valence-electron chi connectivity index (χ1n) is 7.44. The van der Waals surface area contributed by atoms with Gasteiger partial charge in [0.2, 0.25) is 0 Å². The Bertz CT molecular complexity index is 287. The molecule has 1 aliphatic heterocycles. The standard InChI is InChI=1S/C14H24N2O/c15-16-14(10-2-1-5-17-7-10)13-11-8-3-4-9(6-8)12(11)13/h8-14,16H,1-7,15H2. The van der Waals surface area contributed by atoms with E-state index in [4.69, 9.17) is 10.6 Å². The summed E-state index contributed by atoms with van der Waals surface area (Å²) in [5.41, 5.74) is 3.15. The van der Waals surface area contributed by atoms with Gasteiger partial charge in [-0.2, -0.15) is 0 Å². The second kappa shape index (κ2) is 3.94. The fraction of sp³-hybridized carbons (Fsp3) is 1.00. The molecular formula is C14H24N2O. The van der Waals surface area contributed by atoms with Crippen LogP contribution >= 0.6 is 0 Å². The highest BCUT2D eigenvalue weighted by Gasteiger charge is 2.67. The molecule has 0 aromatic rings. The summed E-state index contributed by atoms with van der Waals surface area (Å²) < 4.78 is 5.64. The maximum atomic E-state index is 5.85. The normalized spacial score (nSPS) is 53.5. The Labute approximate surface area is 103 Å². The number of nitrogens with two attached hydrogens (primary N) is 1. The molecule has 17 heavy (non-hydrogen) atoms. The van der Waals surface area contributed by atoms with Crippen LogP contribution in [0.25, 0.3) is 0 Å². The Morgan fingerprint density at radius 3 is 2.47 bits per heavy atom. The molecule has 3 N–H and O–H groups in total. The third-order valence-electron chi connectivity index (χ3n) is 6.11. The molecule has 3 nitrogen and oxygen atoms in total. The molecule has 4 fully saturated rings. The van der Waals surface area contributed by atoms with Crippen molar-refractivity contribution in [2.24, 2.45) is 41.4 Å². The van der Waals surface area contributed by atoms with Crippen LogP contribution in [0.3, 0.4) is 0 Å². The smallest absolute Gasteiger partial charge is 0.0509 e. The van der Waals surface area contributed by atoms with Gasteiger partial charge in [0.15, 0.2) is 0 Å². The van der Waals surface area contributed by atoms with Crippen LogP contribution in [-0.4, -0.2) is 19.3 Å². The molecule has 96 valence electrons. The van der Waals surface area contributed by atoms with Gasteiger partial charge in [0, 0.05) is 12.6 Å². The number of hydrazine groups is 1. The number of hydrogen-bond acceptors (Lipinski definition) is 3. The summed E-state index contributed by atoms with van der Waals surface area (Å²) in [4.78, 5) is 0. The van der Waals surface area contributed by atoms with E-state index in [1.54, 1.807) is 0 Å². The van der Waals surface area contributed by atoms with Crippen molar-refractivity contribution in [2.45, 2.75) is 38.1 Å². The van der Waals surface area contributed by atoms with Crippen molar-refractivity contribution in [2.75, 3.05) is 13.2 Å². The third-order valence-corrected chi connectivity index (χ3v) is 6.11. The molecule has 3 aliphatic carbocycles. The lowest BCUT2D eigenvalue weighted by atomic mass is 9.86. The number of rotatable bonds is 3. The lowest BCUT2D eigenvalue weighted by Crippen LogP contribution is -2.46. The zero-order valence-corrected chi connectivity index (χ0v) is 10.5. The number of hydrogen-bond donors (Lipinski definition) is 2. The van der Waals surface area contributed by atoms with Gasteiger partial charge in [-0.15, -0.1) is 0 Å². The molecule has 2 bridgehead atoms. The van der Waals surface area contributed by atoms with Gasteiger partial charge >= 0.3 is 0 Å². The van der Waals surface area contributed by atoms with Gasteiger partial charge in [-0.05, 0) is 67.6 Å². The van der Waals surface area contributed by atoms with Crippen LogP contribution < -0.4 is 11.3 Å². The largest absolute Gasteiger partial charge is 0.381 e. The molecule has 1 heterocycles. The van der Waals surface area contributed by atoms with E-state index in [0.29, 0.717) is 12.0 Å². The van der Waals surface area contributed by atoms with Crippen molar-refractivity contribution in [3.05, 3.63) is 0 Å². The summed E-state index contributed by atoms with van der Waals surface area (Å²) in [6, 6.07) is 0.536. The SMILES string of the molecule is NNC(C1CCCOC1)C1C2C3CCC(C3)C21. The van der Waals surface area contributed by atoms with Crippen LogP contribution in [-0.2, 0) is 4.74 Å². The monoisotopic (exact) mass is 236 g/mol. The van der Waals surface area contributed by atoms with Crippen LogP contribution in [0.5, 0.6) is 0 Å². The quantitative estimate of drug-likeness (QED) is 0.577. The summed E-state index contributed by atoms with van der Waals surface area (Å²) in [7, 11) is 0. The Balaban J connectivity index is 1.47. The Hall–Kier alpha value is -0.120. The van der Waals surface area contributed by atoms with Crippen molar-refractivity contribution in [1.82, 2.24) is 5.43 Å². The second-order valence-corrected chi connectivity index (χ2v) is 6.73. The van der Waals surface area contributed by atoms with Crippen molar-refractivity contribution in [3.8, 4) is 0 Å². The Morgan fingerprint density at radius 2 is 1.88 bits per heavy atom. The first kappa shape index (κ1) is 10.8. The van der Waals surface area contributed by atoms with Crippen molar-refractivity contribution < 1.29 is 4.74 Å². The highest BCUT2D eigenvalue weighted by atomic mass is 16.5. The molecule has 4 rings (SSSR count). The summed E-state index contributed by atoms with van der Waals surface area (Å²) >= 11 is 0. The Kier molecular flexibility index (Phi) is 2.50. The Morgan fingerprint density at radius 1 is 1.12 bits per heavy atom. The van der Waals surface area contributed by atoms with Crippen molar-refractivity contribution in [1.29, 1.82) is 0 Å². The fourth-order valence-electron chi connectivity index (χ4n) is 5.48. The predicted molar refractivity (Wildman–Crippen MR) is 66.0 cm³/mol. The molecule has 0 radical (unpaired) electrons. The van der Waals surface area contributed by atoms with Crippen molar-refractivity contribution in [3.63, 3.8) is 0 Å². The highest BCUT2D eigenvalue weighted by Crippen LogP contribution is 2.70. The zero-order chi connectivity index (χ0) is 11.4. The lowest BCUT2D eigenvalue weighted by Gasteiger charge is -2.31. The van der Waals surface area contributed by atoms with Gasteiger partial charge in [0.25, 0.3) is 0 Å². The van der Waals surface area contributed by atoms with Crippen molar-refractivity contribution >= 4 is 0 Å². The van der Waals surface area contributed by atoms with Gasteiger partial charge in [0.1, 0.15) is 0 Å². The lowest BCUT2D eigenvalue weighted by molar-refractivity contribution is 0.0326. The average Bonchev–Trinajstić information content (AvgIpc) is 2.81. The first-order valence-corrected chi connectivity index (χ1v) is 7.44. The van der Waals surface area contributed by atoms with Gasteiger partial charge < -0.3 is 4.74 Å². The summed E-state index contributed by atoms with van der Waals surface area (Å²) in [5, 5.41) is 0. The summed E-state index contributed by atoms with van der Waals surface area (Å²) in [6.07, 6.45) is 7.06. The third kappa shape index (κ3) is 1.52. The van der Waals surface area contributed by atoms with E-state index >= 15 is 0 Å². The predicted octanol–water partition coefficient (Wildman–Crippen LogP) is 1.54. The molecule has 3 saturated carbocycles. The second-order valence-electron chi connectivity index (χ2n) is 6.73. The molecule has 6 unspecified atom stereocenters. The maximum Gasteiger partial charge on any atom is 0.0509 e. The molecule has 0 aromatic heterocycles.